The van der Waals surface area contributed by atoms with Gasteiger partial charge < -0.3 is 29.0 Å². The van der Waals surface area contributed by atoms with Gasteiger partial charge in [-0.3, -0.25) is 9.69 Å². The molecule has 1 N–H and O–H groups in total. The highest BCUT2D eigenvalue weighted by molar-refractivity contribution is 6.30. The molecule has 3 heterocycles. The first-order valence-corrected chi connectivity index (χ1v) is 20.9. The van der Waals surface area contributed by atoms with Crippen molar-refractivity contribution in [3.63, 3.8) is 0 Å². The maximum Gasteiger partial charge on any atom is 0.229 e. The normalized spacial score (nSPS) is 15.6. The summed E-state index contributed by atoms with van der Waals surface area (Å²) in [6.45, 7) is 6.94. The van der Waals surface area contributed by atoms with Gasteiger partial charge in [0.1, 0.15) is 17.8 Å². The van der Waals surface area contributed by atoms with Crippen molar-refractivity contribution in [1.82, 2.24) is 24.3 Å². The van der Waals surface area contributed by atoms with Crippen molar-refractivity contribution in [3.8, 4) is 28.4 Å². The SMILES string of the molecule is COc1cc(/C=C/C=O)cc(OC)c1OCCCCCCN1CCN(Cc2ccc(-c3cn(C4CCCCC4)c4nc(Nc5cc(F)cc(Cl)c5)ncc34)cc2)CC1. The molecule has 0 atom stereocenters. The molecule has 7 rings (SSSR count). The van der Waals surface area contributed by atoms with Gasteiger partial charge in [-0.1, -0.05) is 74.0 Å². The molecule has 10 nitrogen and oxygen atoms in total. The van der Waals surface area contributed by atoms with E-state index < -0.39 is 5.82 Å². The number of benzene rings is 3. The molecule has 12 heteroatoms. The molecule has 3 aromatic carbocycles. The van der Waals surface area contributed by atoms with Crippen LogP contribution in [0.1, 0.15) is 75.0 Å². The van der Waals surface area contributed by atoms with E-state index in [0.717, 1.165) is 105 Å². The van der Waals surface area contributed by atoms with Gasteiger partial charge in [-0.15, -0.1) is 0 Å². The van der Waals surface area contributed by atoms with E-state index in [9.17, 15) is 9.18 Å². The summed E-state index contributed by atoms with van der Waals surface area (Å²) in [6.07, 6.45) is 18.4. The summed E-state index contributed by atoms with van der Waals surface area (Å²) in [4.78, 5) is 25.5. The Morgan fingerprint density at radius 1 is 0.897 bits per heavy atom. The van der Waals surface area contributed by atoms with Crippen LogP contribution < -0.4 is 19.5 Å². The lowest BCUT2D eigenvalue weighted by Crippen LogP contribution is -2.46. The summed E-state index contributed by atoms with van der Waals surface area (Å²) in [5.74, 6) is 1.78. The number of methoxy groups -OCH3 is 2. The molecule has 2 aromatic heterocycles. The topological polar surface area (TPSA) is 94.0 Å². The highest BCUT2D eigenvalue weighted by Crippen LogP contribution is 2.40. The van der Waals surface area contributed by atoms with Gasteiger partial charge in [0.15, 0.2) is 11.5 Å². The third-order valence-corrected chi connectivity index (χ3v) is 11.5. The molecule has 306 valence electrons. The molecular weight excluding hydrogens is 755 g/mol. The minimum atomic E-state index is -0.410. The van der Waals surface area contributed by atoms with Crippen molar-refractivity contribution in [2.75, 3.05) is 58.9 Å². The standard InChI is InChI=1S/C46H54ClFN6O4/c1-56-42-25-34(11-10-23-55)26-43(57-2)44(42)58-24-9-4-3-8-18-52-19-21-53(22-20-52)31-33-14-16-35(17-15-33)41-32-54(39-12-6-5-7-13-39)45-40(41)30-49-46(51-45)50-38-28-36(47)27-37(48)29-38/h10-11,14-17,23,25-30,32,39H,3-9,12-13,18-22,24,31H2,1-2H3,(H,49,50,51)/b11-10+. The quantitative estimate of drug-likeness (QED) is 0.0528. The molecule has 0 spiro atoms. The number of ether oxygens (including phenoxy) is 3. The van der Waals surface area contributed by atoms with Crippen LogP contribution in [0.3, 0.4) is 0 Å². The second-order valence-electron chi connectivity index (χ2n) is 15.3. The van der Waals surface area contributed by atoms with Crippen molar-refractivity contribution >= 4 is 46.6 Å². The van der Waals surface area contributed by atoms with E-state index in [4.69, 9.17) is 30.8 Å². The number of unbranched alkanes of at least 4 members (excludes halogenated alkanes) is 3. The van der Waals surface area contributed by atoms with Gasteiger partial charge in [0.2, 0.25) is 11.7 Å². The summed E-state index contributed by atoms with van der Waals surface area (Å²) in [7, 11) is 3.21. The Bertz CT molecular complexity index is 2120. The summed E-state index contributed by atoms with van der Waals surface area (Å²) in [6, 6.07) is 17.4. The predicted octanol–water partition coefficient (Wildman–Crippen LogP) is 10.1. The Kier molecular flexibility index (Phi) is 14.3. The lowest BCUT2D eigenvalue weighted by molar-refractivity contribution is -0.104. The molecule has 0 bridgehead atoms. The number of fused-ring (bicyclic) bond motifs is 1. The predicted molar refractivity (Wildman–Crippen MR) is 230 cm³/mol. The average molecular weight is 809 g/mol. The summed E-state index contributed by atoms with van der Waals surface area (Å²) in [5, 5.41) is 4.49. The van der Waals surface area contributed by atoms with Crippen LogP contribution in [0.4, 0.5) is 16.0 Å². The maximum atomic E-state index is 14.0. The number of hydrogen-bond donors (Lipinski definition) is 1. The van der Waals surface area contributed by atoms with Crippen molar-refractivity contribution in [3.05, 3.63) is 95.0 Å². The van der Waals surface area contributed by atoms with Gasteiger partial charge in [0.05, 0.1) is 20.8 Å². The number of halogens is 2. The Morgan fingerprint density at radius 2 is 1.62 bits per heavy atom. The summed E-state index contributed by atoms with van der Waals surface area (Å²) in [5.41, 5.74) is 5.81. The van der Waals surface area contributed by atoms with E-state index in [-0.39, 0.29) is 0 Å². The minimum absolute atomic E-state index is 0.319. The Labute approximate surface area is 346 Å². The monoisotopic (exact) mass is 808 g/mol. The number of carbonyl (C=O) groups is 1. The molecule has 2 fully saturated rings. The first-order valence-electron chi connectivity index (χ1n) is 20.6. The fourth-order valence-electron chi connectivity index (χ4n) is 8.19. The largest absolute Gasteiger partial charge is 0.493 e. The van der Waals surface area contributed by atoms with Crippen LogP contribution in [-0.2, 0) is 11.3 Å². The number of allylic oxidation sites excluding steroid dienone is 1. The fraction of sp³-hybridized carbons (Fsp3) is 0.413. The molecule has 1 saturated heterocycles. The zero-order chi connectivity index (χ0) is 40.3. The molecule has 0 radical (unpaired) electrons. The van der Waals surface area contributed by atoms with Crippen LogP contribution >= 0.6 is 11.6 Å². The second kappa shape index (κ2) is 20.1. The average Bonchev–Trinajstić information content (AvgIpc) is 3.62. The van der Waals surface area contributed by atoms with Gasteiger partial charge >= 0.3 is 0 Å². The highest BCUT2D eigenvalue weighted by Gasteiger charge is 2.22. The van der Waals surface area contributed by atoms with E-state index in [0.29, 0.717) is 46.6 Å². The Hall–Kier alpha value is -4.97. The highest BCUT2D eigenvalue weighted by atomic mass is 35.5. The van der Waals surface area contributed by atoms with Crippen LogP contribution in [0.5, 0.6) is 17.2 Å². The zero-order valence-corrected chi connectivity index (χ0v) is 34.4. The summed E-state index contributed by atoms with van der Waals surface area (Å²) >= 11 is 6.11. The number of anilines is 2. The van der Waals surface area contributed by atoms with E-state index in [1.165, 1.54) is 49.5 Å². The van der Waals surface area contributed by atoms with E-state index >= 15 is 0 Å². The fourth-order valence-corrected chi connectivity index (χ4v) is 8.41. The van der Waals surface area contributed by atoms with Crippen LogP contribution in [0.25, 0.3) is 28.2 Å². The molecule has 2 aliphatic rings. The number of nitrogens with zero attached hydrogens (tertiary/aromatic N) is 5. The number of aromatic nitrogens is 3. The van der Waals surface area contributed by atoms with Gasteiger partial charge in [0.25, 0.3) is 0 Å². The third-order valence-electron chi connectivity index (χ3n) is 11.3. The molecule has 5 aromatic rings. The molecular formula is C46H54ClFN6O4. The molecule has 58 heavy (non-hydrogen) atoms. The van der Waals surface area contributed by atoms with Crippen molar-refractivity contribution in [2.24, 2.45) is 0 Å². The third kappa shape index (κ3) is 10.6. The number of aldehydes is 1. The Morgan fingerprint density at radius 3 is 2.33 bits per heavy atom. The zero-order valence-electron chi connectivity index (χ0n) is 33.6. The van der Waals surface area contributed by atoms with Gasteiger partial charge in [-0.05, 0) is 85.3 Å². The number of piperazine rings is 1. The van der Waals surface area contributed by atoms with Gasteiger partial charge in [0, 0.05) is 72.8 Å². The van der Waals surface area contributed by atoms with Crippen LogP contribution in [-0.4, -0.2) is 84.2 Å². The molecule has 0 amide bonds. The molecule has 1 aliphatic carbocycles. The Balaban J connectivity index is 0.877. The molecule has 1 saturated carbocycles. The minimum Gasteiger partial charge on any atom is -0.493 e. The van der Waals surface area contributed by atoms with Crippen molar-refractivity contribution in [2.45, 2.75) is 70.4 Å². The lowest BCUT2D eigenvalue weighted by atomic mass is 9.95. The van der Waals surface area contributed by atoms with Crippen LogP contribution in [0.15, 0.2) is 73.1 Å². The van der Waals surface area contributed by atoms with E-state index in [2.05, 4.69) is 55.1 Å². The number of rotatable bonds is 18. The van der Waals surface area contributed by atoms with Crippen LogP contribution in [0, 0.1) is 5.82 Å². The van der Waals surface area contributed by atoms with Crippen LogP contribution in [0.2, 0.25) is 5.02 Å². The van der Waals surface area contributed by atoms with Gasteiger partial charge in [-0.2, -0.15) is 4.98 Å². The number of nitrogens with one attached hydrogen (secondary N) is 1. The lowest BCUT2D eigenvalue weighted by Gasteiger charge is -2.34. The van der Waals surface area contributed by atoms with E-state index in [1.807, 2.05) is 18.3 Å². The van der Waals surface area contributed by atoms with Gasteiger partial charge in [-0.25, -0.2) is 9.37 Å². The first kappa shape index (κ1) is 41.2. The number of carbonyl (C=O) groups excluding carboxylic acids is 1. The second-order valence-corrected chi connectivity index (χ2v) is 15.7. The smallest absolute Gasteiger partial charge is 0.229 e. The maximum absolute atomic E-state index is 14.0. The van der Waals surface area contributed by atoms with Crippen molar-refractivity contribution in [1.29, 1.82) is 0 Å². The molecule has 0 unspecified atom stereocenters. The van der Waals surface area contributed by atoms with E-state index in [1.54, 1.807) is 26.4 Å². The summed E-state index contributed by atoms with van der Waals surface area (Å²) < 4.78 is 33.5. The number of hydrogen-bond acceptors (Lipinski definition) is 9. The first-order chi connectivity index (χ1) is 28.4. The molecule has 1 aliphatic heterocycles. The van der Waals surface area contributed by atoms with Crippen molar-refractivity contribution < 1.29 is 23.4 Å².